The predicted molar refractivity (Wildman–Crippen MR) is 48.2 cm³/mol. The van der Waals surface area contributed by atoms with E-state index in [0.29, 0.717) is 0 Å². The maximum Gasteiger partial charge on any atom is 0.105 e. The van der Waals surface area contributed by atoms with Crippen molar-refractivity contribution in [1.29, 1.82) is 0 Å². The highest BCUT2D eigenvalue weighted by Crippen LogP contribution is 2.24. The third-order valence-electron chi connectivity index (χ3n) is 1.56. The van der Waals surface area contributed by atoms with Crippen LogP contribution in [0.1, 0.15) is 0 Å². The monoisotopic (exact) mass is 211 g/mol. The lowest BCUT2D eigenvalue weighted by Gasteiger charge is -1.95. The standard InChI is InChI=1S/C7H6BrN3/c8-4-1-2-5(9)7-6(4)10-3-11-7/h1-3H,9H2,(H,10,11). The fourth-order valence-corrected chi connectivity index (χ4v) is 1.45. The highest BCUT2D eigenvalue weighted by atomic mass is 79.9. The molecule has 1 aromatic heterocycles. The van der Waals surface area contributed by atoms with Gasteiger partial charge in [-0.3, -0.25) is 0 Å². The molecular weight excluding hydrogens is 206 g/mol. The van der Waals surface area contributed by atoms with E-state index in [-0.39, 0.29) is 0 Å². The molecule has 1 heterocycles. The maximum atomic E-state index is 5.68. The predicted octanol–water partition coefficient (Wildman–Crippen LogP) is 1.91. The molecule has 4 heteroatoms. The number of H-pyrrole nitrogens is 1. The van der Waals surface area contributed by atoms with Gasteiger partial charge < -0.3 is 10.7 Å². The molecule has 0 spiro atoms. The van der Waals surface area contributed by atoms with Gasteiger partial charge in [-0.15, -0.1) is 0 Å². The zero-order valence-corrected chi connectivity index (χ0v) is 7.22. The number of nitrogen functional groups attached to an aromatic ring is 1. The number of nitrogens with one attached hydrogen (secondary N) is 1. The van der Waals surface area contributed by atoms with E-state index < -0.39 is 0 Å². The van der Waals surface area contributed by atoms with Gasteiger partial charge in [-0.25, -0.2) is 4.98 Å². The number of aromatic amines is 1. The largest absolute Gasteiger partial charge is 0.397 e. The van der Waals surface area contributed by atoms with Gasteiger partial charge >= 0.3 is 0 Å². The molecule has 0 aliphatic rings. The molecule has 1 aromatic carbocycles. The third kappa shape index (κ3) is 0.903. The van der Waals surface area contributed by atoms with E-state index in [1.54, 1.807) is 6.33 Å². The van der Waals surface area contributed by atoms with Gasteiger partial charge in [0.15, 0.2) is 0 Å². The third-order valence-corrected chi connectivity index (χ3v) is 2.20. The van der Waals surface area contributed by atoms with Crippen molar-refractivity contribution >= 4 is 32.7 Å². The Morgan fingerprint density at radius 3 is 3.00 bits per heavy atom. The molecule has 0 radical (unpaired) electrons. The number of nitrogens with zero attached hydrogens (tertiary/aromatic N) is 1. The van der Waals surface area contributed by atoms with Crippen LogP contribution in [0.5, 0.6) is 0 Å². The van der Waals surface area contributed by atoms with Gasteiger partial charge in [0.1, 0.15) is 5.52 Å². The SMILES string of the molecule is Nc1ccc(Br)c2nc[nH]c12. The van der Waals surface area contributed by atoms with E-state index in [1.807, 2.05) is 12.1 Å². The number of anilines is 1. The highest BCUT2D eigenvalue weighted by Gasteiger charge is 2.02. The number of benzene rings is 1. The first kappa shape index (κ1) is 6.67. The summed E-state index contributed by atoms with van der Waals surface area (Å²) in [5, 5.41) is 0. The normalized spacial score (nSPS) is 10.6. The summed E-state index contributed by atoms with van der Waals surface area (Å²) < 4.78 is 0.961. The Morgan fingerprint density at radius 1 is 1.45 bits per heavy atom. The Balaban J connectivity index is 2.96. The maximum absolute atomic E-state index is 5.68. The van der Waals surface area contributed by atoms with Crippen molar-refractivity contribution in [3.05, 3.63) is 22.9 Å². The van der Waals surface area contributed by atoms with E-state index in [0.717, 1.165) is 21.2 Å². The topological polar surface area (TPSA) is 54.7 Å². The average Bonchev–Trinajstić information content (AvgIpc) is 2.45. The lowest BCUT2D eigenvalue weighted by Crippen LogP contribution is -1.85. The number of hydrogen-bond donors (Lipinski definition) is 2. The van der Waals surface area contributed by atoms with Crippen molar-refractivity contribution in [2.45, 2.75) is 0 Å². The van der Waals surface area contributed by atoms with Crippen molar-refractivity contribution in [1.82, 2.24) is 9.97 Å². The van der Waals surface area contributed by atoms with Crippen LogP contribution in [-0.2, 0) is 0 Å². The van der Waals surface area contributed by atoms with Crippen molar-refractivity contribution in [3.8, 4) is 0 Å². The van der Waals surface area contributed by atoms with Crippen molar-refractivity contribution in [3.63, 3.8) is 0 Å². The number of aromatic nitrogens is 2. The molecule has 0 amide bonds. The van der Waals surface area contributed by atoms with E-state index in [2.05, 4.69) is 25.9 Å². The van der Waals surface area contributed by atoms with Gasteiger partial charge in [0.2, 0.25) is 0 Å². The van der Waals surface area contributed by atoms with E-state index in [4.69, 9.17) is 5.73 Å². The molecule has 0 fully saturated rings. The second kappa shape index (κ2) is 2.23. The molecule has 2 aromatic rings. The molecule has 56 valence electrons. The van der Waals surface area contributed by atoms with Crippen LogP contribution in [0.3, 0.4) is 0 Å². The van der Waals surface area contributed by atoms with Crippen molar-refractivity contribution < 1.29 is 0 Å². The highest BCUT2D eigenvalue weighted by molar-refractivity contribution is 9.10. The molecule has 0 saturated carbocycles. The molecule has 11 heavy (non-hydrogen) atoms. The second-order valence-corrected chi connectivity index (χ2v) is 3.12. The first-order valence-electron chi connectivity index (χ1n) is 3.16. The average molecular weight is 212 g/mol. The molecule has 0 atom stereocenters. The van der Waals surface area contributed by atoms with Crippen LogP contribution in [0.15, 0.2) is 22.9 Å². The summed E-state index contributed by atoms with van der Waals surface area (Å²) in [5.74, 6) is 0. The van der Waals surface area contributed by atoms with Gasteiger partial charge in [0.25, 0.3) is 0 Å². The Labute approximate surface area is 71.7 Å². The summed E-state index contributed by atoms with van der Waals surface area (Å²) in [6.07, 6.45) is 1.63. The molecule has 3 nitrogen and oxygen atoms in total. The first-order chi connectivity index (χ1) is 5.29. The second-order valence-electron chi connectivity index (χ2n) is 2.26. The number of nitrogens with two attached hydrogens (primary N) is 1. The Kier molecular flexibility index (Phi) is 1.35. The van der Waals surface area contributed by atoms with Gasteiger partial charge in [-0.05, 0) is 28.1 Å². The molecule has 0 aliphatic heterocycles. The minimum absolute atomic E-state index is 0.723. The summed E-state index contributed by atoms with van der Waals surface area (Å²) >= 11 is 3.37. The van der Waals surface area contributed by atoms with E-state index in [1.165, 1.54) is 0 Å². The Bertz CT molecular complexity index is 357. The van der Waals surface area contributed by atoms with Gasteiger partial charge in [-0.2, -0.15) is 0 Å². The molecular formula is C7H6BrN3. The number of halogens is 1. The summed E-state index contributed by atoms with van der Waals surface area (Å²) in [5.41, 5.74) is 8.17. The number of imidazole rings is 1. The van der Waals surface area contributed by atoms with Gasteiger partial charge in [0.05, 0.1) is 17.5 Å². The molecule has 2 rings (SSSR count). The molecule has 0 aliphatic carbocycles. The molecule has 0 bridgehead atoms. The van der Waals surface area contributed by atoms with Crippen LogP contribution in [0.2, 0.25) is 0 Å². The van der Waals surface area contributed by atoms with Gasteiger partial charge in [-0.1, -0.05) is 0 Å². The van der Waals surface area contributed by atoms with Crippen molar-refractivity contribution in [2.24, 2.45) is 0 Å². The van der Waals surface area contributed by atoms with Gasteiger partial charge in [0, 0.05) is 4.47 Å². The smallest absolute Gasteiger partial charge is 0.105 e. The first-order valence-corrected chi connectivity index (χ1v) is 3.95. The minimum atomic E-state index is 0.723. The Hall–Kier alpha value is -1.03. The quantitative estimate of drug-likeness (QED) is 0.655. The van der Waals surface area contributed by atoms with Crippen LogP contribution < -0.4 is 5.73 Å². The van der Waals surface area contributed by atoms with E-state index in [9.17, 15) is 0 Å². The summed E-state index contributed by atoms with van der Waals surface area (Å²) in [4.78, 5) is 7.06. The number of fused-ring (bicyclic) bond motifs is 1. The Morgan fingerprint density at radius 2 is 2.27 bits per heavy atom. The van der Waals surface area contributed by atoms with Crippen molar-refractivity contribution in [2.75, 3.05) is 5.73 Å². The molecule has 0 unspecified atom stereocenters. The van der Waals surface area contributed by atoms with Crippen LogP contribution in [0, 0.1) is 0 Å². The summed E-state index contributed by atoms with van der Waals surface area (Å²) in [6, 6.07) is 3.73. The fraction of sp³-hybridized carbons (Fsp3) is 0. The molecule has 0 saturated heterocycles. The van der Waals surface area contributed by atoms with Crippen LogP contribution in [0.25, 0.3) is 11.0 Å². The zero-order chi connectivity index (χ0) is 7.84. The lowest BCUT2D eigenvalue weighted by atomic mass is 10.3. The summed E-state index contributed by atoms with van der Waals surface area (Å²) in [7, 11) is 0. The minimum Gasteiger partial charge on any atom is -0.397 e. The van der Waals surface area contributed by atoms with Crippen LogP contribution in [-0.4, -0.2) is 9.97 Å². The number of hydrogen-bond acceptors (Lipinski definition) is 2. The van der Waals surface area contributed by atoms with E-state index >= 15 is 0 Å². The van der Waals surface area contributed by atoms with Crippen LogP contribution >= 0.6 is 15.9 Å². The number of rotatable bonds is 0. The van der Waals surface area contributed by atoms with Crippen LogP contribution in [0.4, 0.5) is 5.69 Å². The lowest BCUT2D eigenvalue weighted by molar-refractivity contribution is 1.34. The fourth-order valence-electron chi connectivity index (χ4n) is 1.02. The zero-order valence-electron chi connectivity index (χ0n) is 5.63. The molecule has 3 N–H and O–H groups in total. The summed E-state index contributed by atoms with van der Waals surface area (Å²) in [6.45, 7) is 0.